The number of hydrogen-bond acceptors (Lipinski definition) is 8. The zero-order chi connectivity index (χ0) is 19.0. The molecule has 0 aliphatic heterocycles. The molecule has 4 aromatic rings. The first kappa shape index (κ1) is 17.4. The summed E-state index contributed by atoms with van der Waals surface area (Å²) in [5, 5.41) is 4.12. The van der Waals surface area contributed by atoms with Crippen molar-refractivity contribution < 1.29 is 4.39 Å². The Bertz CT molecular complexity index is 1090. The molecule has 0 aliphatic rings. The first-order valence-corrected chi connectivity index (χ1v) is 9.14. The molecule has 0 amide bonds. The van der Waals surface area contributed by atoms with Gasteiger partial charge in [-0.15, -0.1) is 0 Å². The number of nitrogens with zero attached hydrogens (tertiary/aromatic N) is 7. The number of aromatic nitrogens is 7. The average Bonchev–Trinajstić information content (AvgIpc) is 3.20. The third kappa shape index (κ3) is 3.75. The molecule has 0 bridgehead atoms. The van der Waals surface area contributed by atoms with Gasteiger partial charge >= 0.3 is 0 Å². The van der Waals surface area contributed by atoms with Gasteiger partial charge in [0.15, 0.2) is 5.82 Å². The maximum atomic E-state index is 13.0. The van der Waals surface area contributed by atoms with Crippen LogP contribution in [-0.4, -0.2) is 34.5 Å². The number of aryl methyl sites for hydroxylation is 2. The van der Waals surface area contributed by atoms with Gasteiger partial charge in [0.1, 0.15) is 16.2 Å². The van der Waals surface area contributed by atoms with Crippen LogP contribution in [0.1, 0.15) is 35.2 Å². The van der Waals surface area contributed by atoms with Crippen LogP contribution in [-0.2, 0) is 13.5 Å². The summed E-state index contributed by atoms with van der Waals surface area (Å²) in [5.74, 6) is 0.450. The molecule has 0 radical (unpaired) electrons. The normalized spacial score (nSPS) is 12.4. The SMILES string of the molecule is Cc1nc2c(Cc3cn(C)cn3)nc(N[C@@H](C)c3ncc(F)cn3)nc2s1. The molecule has 138 valence electrons. The Morgan fingerprint density at radius 1 is 1.19 bits per heavy atom. The molecule has 0 saturated carbocycles. The second-order valence-electron chi connectivity index (χ2n) is 6.21. The van der Waals surface area contributed by atoms with Crippen LogP contribution in [0.5, 0.6) is 0 Å². The van der Waals surface area contributed by atoms with E-state index in [2.05, 4.69) is 35.2 Å². The van der Waals surface area contributed by atoms with Crippen LogP contribution >= 0.6 is 11.3 Å². The maximum absolute atomic E-state index is 13.0. The molecule has 1 atom stereocenters. The molecule has 0 spiro atoms. The Morgan fingerprint density at radius 2 is 1.96 bits per heavy atom. The van der Waals surface area contributed by atoms with Crippen molar-refractivity contribution in [2.24, 2.45) is 7.05 Å². The number of imidazole rings is 1. The van der Waals surface area contributed by atoms with Crippen LogP contribution < -0.4 is 5.32 Å². The molecule has 0 aliphatic carbocycles. The van der Waals surface area contributed by atoms with E-state index >= 15 is 0 Å². The van der Waals surface area contributed by atoms with Gasteiger partial charge in [0.25, 0.3) is 0 Å². The van der Waals surface area contributed by atoms with E-state index in [0.717, 1.165) is 39.1 Å². The van der Waals surface area contributed by atoms with Gasteiger partial charge in [0, 0.05) is 19.7 Å². The monoisotopic (exact) mass is 384 g/mol. The van der Waals surface area contributed by atoms with Gasteiger partial charge in [0.2, 0.25) is 5.95 Å². The Kier molecular flexibility index (Phi) is 4.48. The molecule has 0 saturated heterocycles. The zero-order valence-corrected chi connectivity index (χ0v) is 15.8. The van der Waals surface area contributed by atoms with Crippen molar-refractivity contribution in [1.29, 1.82) is 0 Å². The van der Waals surface area contributed by atoms with Gasteiger partial charge in [-0.1, -0.05) is 11.3 Å². The fraction of sp³-hybridized carbons (Fsp3) is 0.294. The minimum Gasteiger partial charge on any atom is -0.344 e. The van der Waals surface area contributed by atoms with Crippen LogP contribution in [0.25, 0.3) is 10.3 Å². The lowest BCUT2D eigenvalue weighted by molar-refractivity contribution is 0.604. The summed E-state index contributed by atoms with van der Waals surface area (Å²) < 4.78 is 14.9. The van der Waals surface area contributed by atoms with Crippen LogP contribution in [0.15, 0.2) is 24.9 Å². The third-order valence-corrected chi connectivity index (χ3v) is 4.78. The molecule has 0 fully saturated rings. The smallest absolute Gasteiger partial charge is 0.225 e. The summed E-state index contributed by atoms with van der Waals surface area (Å²) in [4.78, 5) is 27.0. The highest BCUT2D eigenvalue weighted by Crippen LogP contribution is 2.26. The maximum Gasteiger partial charge on any atom is 0.225 e. The summed E-state index contributed by atoms with van der Waals surface area (Å²) in [6, 6.07) is -0.278. The van der Waals surface area contributed by atoms with Crippen molar-refractivity contribution in [3.8, 4) is 0 Å². The van der Waals surface area contributed by atoms with Crippen molar-refractivity contribution in [3.63, 3.8) is 0 Å². The van der Waals surface area contributed by atoms with Crippen LogP contribution in [0.4, 0.5) is 10.3 Å². The summed E-state index contributed by atoms with van der Waals surface area (Å²) in [7, 11) is 1.93. The second kappa shape index (κ2) is 6.95. The van der Waals surface area contributed by atoms with E-state index in [-0.39, 0.29) is 6.04 Å². The molecule has 4 heterocycles. The summed E-state index contributed by atoms with van der Waals surface area (Å²) in [5.41, 5.74) is 2.50. The molecule has 8 nitrogen and oxygen atoms in total. The Balaban J connectivity index is 1.67. The second-order valence-corrected chi connectivity index (χ2v) is 7.39. The van der Waals surface area contributed by atoms with E-state index < -0.39 is 5.82 Å². The molecule has 27 heavy (non-hydrogen) atoms. The molecule has 0 unspecified atom stereocenters. The number of fused-ring (bicyclic) bond motifs is 1. The first-order valence-electron chi connectivity index (χ1n) is 8.33. The number of halogens is 1. The number of nitrogens with one attached hydrogen (secondary N) is 1. The van der Waals surface area contributed by atoms with E-state index in [4.69, 9.17) is 0 Å². The van der Waals surface area contributed by atoms with E-state index in [1.54, 1.807) is 6.33 Å². The molecule has 1 N–H and O–H groups in total. The predicted octanol–water partition coefficient (Wildman–Crippen LogP) is 2.82. The number of thiazole rings is 1. The molecule has 4 rings (SSSR count). The van der Waals surface area contributed by atoms with E-state index in [9.17, 15) is 4.39 Å². The average molecular weight is 384 g/mol. The summed E-state index contributed by atoms with van der Waals surface area (Å²) in [6.45, 7) is 3.82. The first-order chi connectivity index (χ1) is 13.0. The quantitative estimate of drug-likeness (QED) is 0.565. The van der Waals surface area contributed by atoms with Crippen LogP contribution in [0.2, 0.25) is 0 Å². The van der Waals surface area contributed by atoms with Crippen LogP contribution in [0.3, 0.4) is 0 Å². The summed E-state index contributed by atoms with van der Waals surface area (Å²) in [6.07, 6.45) is 6.55. The van der Waals surface area contributed by atoms with Crippen LogP contribution in [0, 0.1) is 12.7 Å². The topological polar surface area (TPSA) is 94.3 Å². The minimum absolute atomic E-state index is 0.278. The summed E-state index contributed by atoms with van der Waals surface area (Å²) >= 11 is 1.51. The molecule has 0 aromatic carbocycles. The van der Waals surface area contributed by atoms with Gasteiger partial charge in [-0.05, 0) is 13.8 Å². The zero-order valence-electron chi connectivity index (χ0n) is 15.0. The lowest BCUT2D eigenvalue weighted by Gasteiger charge is -2.13. The lowest BCUT2D eigenvalue weighted by atomic mass is 10.2. The standard InChI is InChI=1S/C17H17FN8S/c1-9(15-19-5-11(18)6-20-15)22-17-24-13(4-12-7-26(3)8-21-12)14-16(25-17)27-10(2)23-14/h5-9H,4H2,1-3H3,(H,22,24,25)/t9-/m0/s1. The third-order valence-electron chi connectivity index (χ3n) is 3.92. The van der Waals surface area contributed by atoms with Crippen molar-refractivity contribution in [2.75, 3.05) is 5.32 Å². The van der Waals surface area contributed by atoms with Gasteiger partial charge in [-0.25, -0.2) is 34.3 Å². The number of anilines is 1. The van der Waals surface area contributed by atoms with Crippen molar-refractivity contribution in [2.45, 2.75) is 26.3 Å². The highest BCUT2D eigenvalue weighted by Gasteiger charge is 2.16. The fourth-order valence-corrected chi connectivity index (χ4v) is 3.51. The molecule has 10 heteroatoms. The van der Waals surface area contributed by atoms with Gasteiger partial charge < -0.3 is 9.88 Å². The van der Waals surface area contributed by atoms with Crippen molar-refractivity contribution in [3.05, 3.63) is 53.0 Å². The Labute approximate surface area is 158 Å². The Morgan fingerprint density at radius 3 is 2.67 bits per heavy atom. The molecule has 4 aromatic heterocycles. The number of hydrogen-bond donors (Lipinski definition) is 1. The highest BCUT2D eigenvalue weighted by atomic mass is 32.1. The van der Waals surface area contributed by atoms with Gasteiger partial charge in [-0.3, -0.25) is 0 Å². The van der Waals surface area contributed by atoms with E-state index in [0.29, 0.717) is 18.2 Å². The van der Waals surface area contributed by atoms with E-state index in [1.165, 1.54) is 11.3 Å². The minimum atomic E-state index is -0.471. The fourth-order valence-electron chi connectivity index (χ4n) is 2.70. The highest BCUT2D eigenvalue weighted by molar-refractivity contribution is 7.18. The van der Waals surface area contributed by atoms with E-state index in [1.807, 2.05) is 31.7 Å². The van der Waals surface area contributed by atoms with Crippen molar-refractivity contribution in [1.82, 2.24) is 34.5 Å². The number of rotatable bonds is 5. The van der Waals surface area contributed by atoms with Gasteiger partial charge in [0.05, 0.1) is 41.2 Å². The lowest BCUT2D eigenvalue weighted by Crippen LogP contribution is -2.13. The molecular formula is C17H17FN8S. The predicted molar refractivity (Wildman–Crippen MR) is 100.0 cm³/mol. The largest absolute Gasteiger partial charge is 0.344 e. The van der Waals surface area contributed by atoms with Crippen molar-refractivity contribution >= 4 is 27.6 Å². The molecular weight excluding hydrogens is 367 g/mol. The van der Waals surface area contributed by atoms with Gasteiger partial charge in [-0.2, -0.15) is 0 Å². The Hall–Kier alpha value is -3.01.